The Morgan fingerprint density at radius 3 is 2.48 bits per heavy atom. The Morgan fingerprint density at radius 1 is 1.12 bits per heavy atom. The van der Waals surface area contributed by atoms with Gasteiger partial charge in [0.15, 0.2) is 0 Å². The number of rotatable bonds is 3. The van der Waals surface area contributed by atoms with E-state index in [2.05, 4.69) is 55.1 Å². The topological polar surface area (TPSA) is 59.2 Å². The van der Waals surface area contributed by atoms with Gasteiger partial charge in [0.25, 0.3) is 0 Å². The summed E-state index contributed by atoms with van der Waals surface area (Å²) >= 11 is 0. The van der Waals surface area contributed by atoms with Crippen LogP contribution in [0.25, 0.3) is 5.57 Å². The van der Waals surface area contributed by atoms with Crippen molar-refractivity contribution in [3.8, 4) is 0 Å². The molecule has 0 spiro atoms. The van der Waals surface area contributed by atoms with Crippen LogP contribution in [0.4, 0.5) is 0 Å². The van der Waals surface area contributed by atoms with Crippen LogP contribution in [-0.2, 0) is 9.31 Å². The maximum atomic E-state index is 6.17. The summed E-state index contributed by atoms with van der Waals surface area (Å²) in [4.78, 5) is 8.08. The number of imidazole rings is 1. The first kappa shape index (κ1) is 17.1. The number of aromatic amines is 1. The minimum atomic E-state index is -0.283. The van der Waals surface area contributed by atoms with Crippen LogP contribution in [-0.4, -0.2) is 34.8 Å². The Labute approximate surface area is 150 Å². The predicted molar refractivity (Wildman–Crippen MR) is 99.9 cm³/mol. The Morgan fingerprint density at radius 2 is 1.88 bits per heavy atom. The highest BCUT2D eigenvalue weighted by Gasteiger charge is 2.52. The molecule has 2 fully saturated rings. The molecule has 0 saturated carbocycles. The third-order valence-corrected chi connectivity index (χ3v) is 6.07. The molecule has 2 aliphatic heterocycles. The molecule has 1 atom stereocenters. The van der Waals surface area contributed by atoms with E-state index in [4.69, 9.17) is 9.31 Å². The molecule has 2 N–H and O–H groups in total. The molecule has 0 aromatic carbocycles. The van der Waals surface area contributed by atoms with Crippen LogP contribution in [0, 0.1) is 0 Å². The highest BCUT2D eigenvalue weighted by molar-refractivity contribution is 6.54. The molecule has 0 amide bonds. The van der Waals surface area contributed by atoms with Gasteiger partial charge in [0.1, 0.15) is 5.82 Å². The molecule has 0 bridgehead atoms. The first-order chi connectivity index (χ1) is 11.9. The van der Waals surface area contributed by atoms with Gasteiger partial charge in [-0.3, -0.25) is 0 Å². The smallest absolute Gasteiger partial charge is 0.400 e. The van der Waals surface area contributed by atoms with Crippen molar-refractivity contribution in [1.29, 1.82) is 0 Å². The van der Waals surface area contributed by atoms with Gasteiger partial charge in [-0.05, 0) is 71.0 Å². The van der Waals surface area contributed by atoms with Gasteiger partial charge in [-0.2, -0.15) is 0 Å². The SMILES string of the molecule is CC1(C)OB(C2=CC=C(c3cnc(C4CCCN4)[nH]3)CC2)OC1(C)C. The van der Waals surface area contributed by atoms with E-state index < -0.39 is 0 Å². The zero-order chi connectivity index (χ0) is 17.7. The Balaban J connectivity index is 1.48. The quantitative estimate of drug-likeness (QED) is 0.825. The van der Waals surface area contributed by atoms with Crippen LogP contribution in [0.5, 0.6) is 0 Å². The van der Waals surface area contributed by atoms with E-state index in [0.717, 1.165) is 37.3 Å². The fraction of sp³-hybridized carbons (Fsp3) is 0.632. The molecule has 4 rings (SSSR count). The summed E-state index contributed by atoms with van der Waals surface area (Å²) in [7, 11) is -0.234. The van der Waals surface area contributed by atoms with Crippen LogP contribution in [0.3, 0.4) is 0 Å². The van der Waals surface area contributed by atoms with E-state index >= 15 is 0 Å². The highest BCUT2D eigenvalue weighted by Crippen LogP contribution is 2.40. The summed E-state index contributed by atoms with van der Waals surface area (Å²) in [5.74, 6) is 1.06. The molecule has 2 saturated heterocycles. The van der Waals surface area contributed by atoms with Crippen LogP contribution < -0.4 is 5.32 Å². The van der Waals surface area contributed by atoms with Crippen molar-refractivity contribution in [2.45, 2.75) is 70.6 Å². The molecule has 25 heavy (non-hydrogen) atoms. The van der Waals surface area contributed by atoms with Crippen LogP contribution in [0.15, 0.2) is 23.8 Å². The van der Waals surface area contributed by atoms with Crippen molar-refractivity contribution in [3.05, 3.63) is 35.3 Å². The van der Waals surface area contributed by atoms with E-state index in [9.17, 15) is 0 Å². The molecular weight excluding hydrogens is 313 g/mol. The van der Waals surface area contributed by atoms with Crippen molar-refractivity contribution < 1.29 is 9.31 Å². The Kier molecular flexibility index (Phi) is 4.17. The normalized spacial score (nSPS) is 28.2. The summed E-state index contributed by atoms with van der Waals surface area (Å²) in [6.45, 7) is 9.48. The second-order valence-electron chi connectivity index (χ2n) is 8.35. The Hall–Kier alpha value is -1.37. The van der Waals surface area contributed by atoms with Gasteiger partial charge in [0.2, 0.25) is 0 Å². The molecule has 1 aliphatic carbocycles. The van der Waals surface area contributed by atoms with Crippen molar-refractivity contribution in [2.75, 3.05) is 6.54 Å². The standard InChI is InChI=1S/C19H28BN3O2/c1-18(2)19(3,4)25-20(24-18)14-9-7-13(8-10-14)16-12-22-17(23-16)15-6-5-11-21-15/h7,9,12,15,21H,5-6,8,10-11H2,1-4H3,(H,22,23). The number of allylic oxidation sites excluding steroid dienone is 4. The predicted octanol–water partition coefficient (Wildman–Crippen LogP) is 3.57. The van der Waals surface area contributed by atoms with Crippen LogP contribution >= 0.6 is 0 Å². The largest absolute Gasteiger partial charge is 0.490 e. The molecule has 3 aliphatic rings. The third-order valence-electron chi connectivity index (χ3n) is 6.07. The molecule has 1 aromatic rings. The van der Waals surface area contributed by atoms with Gasteiger partial charge in [0, 0.05) is 0 Å². The summed E-state index contributed by atoms with van der Waals surface area (Å²) in [6, 6.07) is 0.383. The maximum Gasteiger partial charge on any atom is 0.490 e. The first-order valence-corrected chi connectivity index (χ1v) is 9.40. The minimum absolute atomic E-state index is 0.234. The van der Waals surface area contributed by atoms with E-state index in [0.29, 0.717) is 6.04 Å². The van der Waals surface area contributed by atoms with E-state index in [1.54, 1.807) is 0 Å². The van der Waals surface area contributed by atoms with Crippen LogP contribution in [0.2, 0.25) is 0 Å². The molecule has 134 valence electrons. The average molecular weight is 341 g/mol. The van der Waals surface area contributed by atoms with E-state index in [1.807, 2.05) is 6.20 Å². The van der Waals surface area contributed by atoms with Gasteiger partial charge in [-0.25, -0.2) is 4.98 Å². The minimum Gasteiger partial charge on any atom is -0.400 e. The number of hydrogen-bond donors (Lipinski definition) is 2. The average Bonchev–Trinajstić information content (AvgIpc) is 3.28. The molecule has 3 heterocycles. The summed E-state index contributed by atoms with van der Waals surface area (Å²) < 4.78 is 12.3. The first-order valence-electron chi connectivity index (χ1n) is 9.40. The lowest BCUT2D eigenvalue weighted by atomic mass is 9.73. The number of nitrogens with one attached hydrogen (secondary N) is 2. The molecule has 5 nitrogen and oxygen atoms in total. The van der Waals surface area contributed by atoms with E-state index in [1.165, 1.54) is 17.5 Å². The second kappa shape index (κ2) is 6.11. The molecule has 0 radical (unpaired) electrons. The monoisotopic (exact) mass is 341 g/mol. The lowest BCUT2D eigenvalue weighted by Gasteiger charge is -2.32. The number of nitrogens with zero attached hydrogens (tertiary/aromatic N) is 1. The van der Waals surface area contributed by atoms with Gasteiger partial charge >= 0.3 is 7.12 Å². The summed E-state index contributed by atoms with van der Waals surface area (Å²) in [5, 5.41) is 3.49. The van der Waals surface area contributed by atoms with Gasteiger partial charge in [-0.15, -0.1) is 0 Å². The van der Waals surface area contributed by atoms with Gasteiger partial charge in [-0.1, -0.05) is 12.2 Å². The third kappa shape index (κ3) is 3.11. The number of H-pyrrole nitrogens is 1. The zero-order valence-corrected chi connectivity index (χ0v) is 15.7. The van der Waals surface area contributed by atoms with Gasteiger partial charge < -0.3 is 19.6 Å². The molecular formula is C19H28BN3O2. The van der Waals surface area contributed by atoms with Crippen molar-refractivity contribution >= 4 is 12.7 Å². The Bertz CT molecular complexity index is 698. The highest BCUT2D eigenvalue weighted by atomic mass is 16.7. The van der Waals surface area contributed by atoms with E-state index in [-0.39, 0.29) is 18.3 Å². The lowest BCUT2D eigenvalue weighted by molar-refractivity contribution is 0.00578. The fourth-order valence-corrected chi connectivity index (χ4v) is 3.66. The maximum absolute atomic E-state index is 6.17. The lowest BCUT2D eigenvalue weighted by Crippen LogP contribution is -2.41. The van der Waals surface area contributed by atoms with Crippen LogP contribution in [0.1, 0.15) is 70.9 Å². The van der Waals surface area contributed by atoms with Crippen molar-refractivity contribution in [2.24, 2.45) is 0 Å². The second-order valence-corrected chi connectivity index (χ2v) is 8.35. The van der Waals surface area contributed by atoms with Crippen molar-refractivity contribution in [1.82, 2.24) is 15.3 Å². The molecule has 6 heteroatoms. The van der Waals surface area contributed by atoms with Gasteiger partial charge in [0.05, 0.1) is 29.1 Å². The molecule has 1 aromatic heterocycles. The summed E-state index contributed by atoms with van der Waals surface area (Å²) in [6.07, 6.45) is 10.6. The molecule has 1 unspecified atom stereocenters. The fourth-order valence-electron chi connectivity index (χ4n) is 3.66. The number of hydrogen-bond acceptors (Lipinski definition) is 4. The zero-order valence-electron chi connectivity index (χ0n) is 15.7. The number of aromatic nitrogens is 2. The summed E-state index contributed by atoms with van der Waals surface area (Å²) in [5.41, 5.74) is 3.09. The van der Waals surface area contributed by atoms with Crippen molar-refractivity contribution in [3.63, 3.8) is 0 Å².